The minimum absolute atomic E-state index is 0.281. The molecule has 0 unspecified atom stereocenters. The van der Waals surface area contributed by atoms with Crippen LogP contribution in [0.15, 0.2) is 63.5 Å². The van der Waals surface area contributed by atoms with Gasteiger partial charge in [0.1, 0.15) is 5.76 Å². The second kappa shape index (κ2) is 9.10. The average Bonchev–Trinajstić information content (AvgIpc) is 3.36. The van der Waals surface area contributed by atoms with Crippen LogP contribution in [-0.2, 0) is 15.3 Å². The van der Waals surface area contributed by atoms with Crippen molar-refractivity contribution in [2.24, 2.45) is 0 Å². The number of hydrogen-bond acceptors (Lipinski definition) is 8. The summed E-state index contributed by atoms with van der Waals surface area (Å²) in [6, 6.07) is 16.7. The van der Waals surface area contributed by atoms with Gasteiger partial charge in [0, 0.05) is 11.8 Å². The summed E-state index contributed by atoms with van der Waals surface area (Å²) in [5, 5.41) is 6.14. The number of thioether (sulfide) groups is 1. The van der Waals surface area contributed by atoms with E-state index in [1.165, 1.54) is 4.70 Å². The molecule has 7 nitrogen and oxygen atoms in total. The summed E-state index contributed by atoms with van der Waals surface area (Å²) in [5.41, 5.74) is 2.45. The normalized spacial score (nSPS) is 10.8. The van der Waals surface area contributed by atoms with E-state index in [4.69, 9.17) is 9.26 Å². The Morgan fingerprint density at radius 1 is 1.17 bits per heavy atom. The number of carbonyl (C=O) groups excluding carboxylic acids is 2. The third-order valence-corrected chi connectivity index (χ3v) is 6.31. The highest BCUT2D eigenvalue weighted by Gasteiger charge is 2.12. The molecule has 1 N–H and O–H groups in total. The van der Waals surface area contributed by atoms with Crippen LogP contribution in [0, 0.1) is 6.92 Å². The van der Waals surface area contributed by atoms with Gasteiger partial charge in [-0.15, -0.1) is 11.3 Å². The summed E-state index contributed by atoms with van der Waals surface area (Å²) in [7, 11) is 0. The van der Waals surface area contributed by atoms with Crippen LogP contribution in [0.3, 0.4) is 0 Å². The van der Waals surface area contributed by atoms with E-state index in [0.717, 1.165) is 21.2 Å². The number of carbonyl (C=O) groups is 2. The number of amides is 1. The third-order valence-electron chi connectivity index (χ3n) is 4.06. The summed E-state index contributed by atoms with van der Waals surface area (Å²) in [4.78, 5) is 28.6. The molecule has 0 aliphatic heterocycles. The maximum Gasteiger partial charge on any atom is 0.338 e. The highest BCUT2D eigenvalue weighted by molar-refractivity contribution is 8.00. The lowest BCUT2D eigenvalue weighted by Gasteiger charge is -2.05. The van der Waals surface area contributed by atoms with E-state index in [-0.39, 0.29) is 5.82 Å². The zero-order chi connectivity index (χ0) is 20.9. The van der Waals surface area contributed by atoms with Crippen LogP contribution in [0.1, 0.15) is 21.7 Å². The SMILES string of the molecule is Cc1cc(NC(=O)COC(=O)c2ccc(CSc3nc4ccccc4s3)cc2)no1. The van der Waals surface area contributed by atoms with Gasteiger partial charge in [0.2, 0.25) is 0 Å². The zero-order valence-corrected chi connectivity index (χ0v) is 17.6. The molecular formula is C21H17N3O4S2. The molecule has 4 rings (SSSR count). The number of aryl methyl sites for hydroxylation is 1. The topological polar surface area (TPSA) is 94.3 Å². The van der Waals surface area contributed by atoms with Crippen LogP contribution in [0.25, 0.3) is 10.2 Å². The molecule has 2 aromatic carbocycles. The smallest absolute Gasteiger partial charge is 0.338 e. The number of nitrogens with zero attached hydrogens (tertiary/aromatic N) is 2. The van der Waals surface area contributed by atoms with Crippen molar-refractivity contribution in [3.05, 3.63) is 71.5 Å². The highest BCUT2D eigenvalue weighted by Crippen LogP contribution is 2.31. The minimum atomic E-state index is -0.563. The molecule has 9 heteroatoms. The lowest BCUT2D eigenvalue weighted by molar-refractivity contribution is -0.119. The summed E-state index contributed by atoms with van der Waals surface area (Å²) < 4.78 is 12.1. The molecule has 0 saturated carbocycles. The van der Waals surface area contributed by atoms with E-state index < -0.39 is 18.5 Å². The molecule has 0 bridgehead atoms. The fourth-order valence-corrected chi connectivity index (χ4v) is 4.64. The number of fused-ring (bicyclic) bond motifs is 1. The second-order valence-corrected chi connectivity index (χ2v) is 8.63. The second-order valence-electron chi connectivity index (χ2n) is 6.38. The molecule has 0 aliphatic carbocycles. The predicted molar refractivity (Wildman–Crippen MR) is 116 cm³/mol. The number of ether oxygens (including phenoxy) is 1. The molecule has 0 aliphatic rings. The van der Waals surface area contributed by atoms with Crippen LogP contribution in [0.4, 0.5) is 5.82 Å². The van der Waals surface area contributed by atoms with Gasteiger partial charge in [-0.25, -0.2) is 9.78 Å². The van der Waals surface area contributed by atoms with Crippen LogP contribution in [-0.4, -0.2) is 28.6 Å². The first kappa shape index (κ1) is 20.1. The zero-order valence-electron chi connectivity index (χ0n) is 16.0. The molecule has 0 saturated heterocycles. The van der Waals surface area contributed by atoms with Gasteiger partial charge in [-0.2, -0.15) is 0 Å². The summed E-state index contributed by atoms with van der Waals surface area (Å²) in [5.74, 6) is 0.550. The number of nitrogens with one attached hydrogen (secondary N) is 1. The summed E-state index contributed by atoms with van der Waals surface area (Å²) >= 11 is 3.32. The van der Waals surface area contributed by atoms with E-state index in [1.807, 2.05) is 30.3 Å². The van der Waals surface area contributed by atoms with Crippen molar-refractivity contribution < 1.29 is 18.8 Å². The quantitative estimate of drug-likeness (QED) is 0.330. The van der Waals surface area contributed by atoms with E-state index in [1.54, 1.807) is 48.2 Å². The van der Waals surface area contributed by atoms with Crippen molar-refractivity contribution in [1.29, 1.82) is 0 Å². The number of hydrogen-bond donors (Lipinski definition) is 1. The largest absolute Gasteiger partial charge is 0.452 e. The van der Waals surface area contributed by atoms with Gasteiger partial charge >= 0.3 is 5.97 Å². The number of para-hydroxylation sites is 1. The van der Waals surface area contributed by atoms with Gasteiger partial charge in [0.05, 0.1) is 15.8 Å². The maximum absolute atomic E-state index is 12.1. The first-order valence-corrected chi connectivity index (χ1v) is 10.8. The fraction of sp³-hybridized carbons (Fsp3) is 0.143. The Bertz CT molecular complexity index is 1150. The number of aromatic nitrogens is 2. The first-order chi connectivity index (χ1) is 14.6. The number of thiazole rings is 1. The van der Waals surface area contributed by atoms with E-state index in [2.05, 4.69) is 21.5 Å². The Morgan fingerprint density at radius 3 is 2.70 bits per heavy atom. The molecule has 0 radical (unpaired) electrons. The third kappa shape index (κ3) is 5.05. The molecule has 1 amide bonds. The fourth-order valence-electron chi connectivity index (χ4n) is 2.61. The molecule has 0 fully saturated rings. The Morgan fingerprint density at radius 2 is 1.97 bits per heavy atom. The Labute approximate surface area is 180 Å². The minimum Gasteiger partial charge on any atom is -0.452 e. The van der Waals surface area contributed by atoms with Crippen molar-refractivity contribution >= 4 is 51.0 Å². The van der Waals surface area contributed by atoms with Crippen LogP contribution in [0.5, 0.6) is 0 Å². The van der Waals surface area contributed by atoms with Crippen molar-refractivity contribution in [2.75, 3.05) is 11.9 Å². The Kier molecular flexibility index (Phi) is 6.10. The highest BCUT2D eigenvalue weighted by atomic mass is 32.2. The molecule has 4 aromatic rings. The molecule has 152 valence electrons. The summed E-state index contributed by atoms with van der Waals surface area (Å²) in [6.07, 6.45) is 0. The monoisotopic (exact) mass is 439 g/mol. The molecule has 2 heterocycles. The van der Waals surface area contributed by atoms with Crippen molar-refractivity contribution in [3.63, 3.8) is 0 Å². The van der Waals surface area contributed by atoms with E-state index in [0.29, 0.717) is 11.3 Å². The van der Waals surface area contributed by atoms with Crippen LogP contribution in [0.2, 0.25) is 0 Å². The summed E-state index contributed by atoms with van der Waals surface area (Å²) in [6.45, 7) is 1.31. The van der Waals surface area contributed by atoms with Crippen LogP contribution < -0.4 is 5.32 Å². The number of anilines is 1. The van der Waals surface area contributed by atoms with Gasteiger partial charge in [-0.3, -0.25) is 4.79 Å². The van der Waals surface area contributed by atoms with Gasteiger partial charge < -0.3 is 14.6 Å². The van der Waals surface area contributed by atoms with E-state index >= 15 is 0 Å². The van der Waals surface area contributed by atoms with Gasteiger partial charge in [0.15, 0.2) is 16.8 Å². The standard InChI is InChI=1S/C21H17N3O4S2/c1-13-10-18(24-28-13)23-19(25)11-27-20(26)15-8-6-14(7-9-15)12-29-21-22-16-4-2-3-5-17(16)30-21/h2-10H,11-12H2,1H3,(H,23,24,25). The molecule has 0 spiro atoms. The Balaban J connectivity index is 1.27. The van der Waals surface area contributed by atoms with Crippen molar-refractivity contribution in [1.82, 2.24) is 10.1 Å². The number of benzene rings is 2. The molecular weight excluding hydrogens is 422 g/mol. The van der Waals surface area contributed by atoms with E-state index in [9.17, 15) is 9.59 Å². The van der Waals surface area contributed by atoms with Crippen molar-refractivity contribution in [3.8, 4) is 0 Å². The first-order valence-electron chi connectivity index (χ1n) is 9.04. The van der Waals surface area contributed by atoms with Gasteiger partial charge in [-0.1, -0.05) is 41.2 Å². The van der Waals surface area contributed by atoms with Crippen LogP contribution >= 0.6 is 23.1 Å². The Hall–Kier alpha value is -3.17. The number of rotatable bonds is 7. The molecule has 0 atom stereocenters. The lowest BCUT2D eigenvalue weighted by atomic mass is 10.1. The molecule has 2 aromatic heterocycles. The lowest BCUT2D eigenvalue weighted by Crippen LogP contribution is -2.21. The predicted octanol–water partition coefficient (Wildman–Crippen LogP) is 4.68. The number of esters is 1. The average molecular weight is 440 g/mol. The van der Waals surface area contributed by atoms with Crippen molar-refractivity contribution in [2.45, 2.75) is 17.0 Å². The van der Waals surface area contributed by atoms with Gasteiger partial charge in [0.25, 0.3) is 5.91 Å². The maximum atomic E-state index is 12.1. The van der Waals surface area contributed by atoms with Gasteiger partial charge in [-0.05, 0) is 36.8 Å². The molecule has 30 heavy (non-hydrogen) atoms.